The minimum absolute atomic E-state index is 0.654. The van der Waals surface area contributed by atoms with E-state index < -0.39 is 0 Å². The van der Waals surface area contributed by atoms with E-state index in [9.17, 15) is 0 Å². The Bertz CT molecular complexity index is 165. The van der Waals surface area contributed by atoms with Crippen LogP contribution in [0.1, 0.15) is 45.4 Å². The Morgan fingerprint density at radius 1 is 1.46 bits per heavy atom. The zero-order chi connectivity index (χ0) is 9.52. The lowest BCUT2D eigenvalue weighted by molar-refractivity contribution is 0.381. The monoisotopic (exact) mass is 180 g/mol. The molecular weight excluding hydrogens is 160 g/mol. The summed E-state index contributed by atoms with van der Waals surface area (Å²) in [5, 5.41) is 11.9. The predicted molar refractivity (Wildman–Crippen MR) is 54.3 cm³/mol. The second-order valence-electron chi connectivity index (χ2n) is 4.05. The first-order valence-corrected chi connectivity index (χ1v) is 5.45. The molecule has 1 aliphatic rings. The van der Waals surface area contributed by atoms with E-state index in [1.807, 2.05) is 0 Å². The van der Waals surface area contributed by atoms with E-state index in [1.54, 1.807) is 0 Å². The minimum atomic E-state index is 0.654. The smallest absolute Gasteiger partial charge is 0.0622 e. The molecule has 1 atom stereocenters. The summed E-state index contributed by atoms with van der Waals surface area (Å²) in [5.74, 6) is 0.891. The van der Waals surface area contributed by atoms with Gasteiger partial charge in [0.2, 0.25) is 0 Å². The Kier molecular flexibility index (Phi) is 4.85. The zero-order valence-electron chi connectivity index (χ0n) is 8.55. The van der Waals surface area contributed by atoms with Crippen molar-refractivity contribution in [3.8, 4) is 6.07 Å². The van der Waals surface area contributed by atoms with Crippen LogP contribution in [-0.4, -0.2) is 12.6 Å². The van der Waals surface area contributed by atoms with Gasteiger partial charge >= 0.3 is 0 Å². The largest absolute Gasteiger partial charge is 0.314 e. The molecule has 1 fully saturated rings. The van der Waals surface area contributed by atoms with Crippen LogP contribution in [0.25, 0.3) is 0 Å². The lowest BCUT2D eigenvalue weighted by Gasteiger charge is -2.19. The normalized spacial score (nSPS) is 20.0. The van der Waals surface area contributed by atoms with E-state index in [4.69, 9.17) is 5.26 Å². The zero-order valence-corrected chi connectivity index (χ0v) is 8.55. The van der Waals surface area contributed by atoms with Gasteiger partial charge in [-0.2, -0.15) is 5.26 Å². The van der Waals surface area contributed by atoms with E-state index in [0.717, 1.165) is 18.9 Å². The van der Waals surface area contributed by atoms with E-state index in [-0.39, 0.29) is 0 Å². The van der Waals surface area contributed by atoms with Crippen LogP contribution in [0.3, 0.4) is 0 Å². The Balaban J connectivity index is 2.03. The molecule has 1 rings (SSSR count). The van der Waals surface area contributed by atoms with Crippen LogP contribution in [0.5, 0.6) is 0 Å². The number of nitrogens with zero attached hydrogens (tertiary/aromatic N) is 1. The van der Waals surface area contributed by atoms with E-state index in [0.29, 0.717) is 12.5 Å². The van der Waals surface area contributed by atoms with Crippen molar-refractivity contribution in [3.63, 3.8) is 0 Å². The fraction of sp³-hybridized carbons (Fsp3) is 0.909. The third-order valence-electron chi connectivity index (χ3n) is 3.04. The van der Waals surface area contributed by atoms with Crippen LogP contribution < -0.4 is 5.32 Å². The quantitative estimate of drug-likeness (QED) is 0.660. The van der Waals surface area contributed by atoms with Gasteiger partial charge in [0.15, 0.2) is 0 Å². The lowest BCUT2D eigenvalue weighted by atomic mass is 10.00. The average molecular weight is 180 g/mol. The summed E-state index contributed by atoms with van der Waals surface area (Å²) < 4.78 is 0. The maximum atomic E-state index is 8.37. The van der Waals surface area contributed by atoms with E-state index in [2.05, 4.69) is 18.3 Å². The van der Waals surface area contributed by atoms with Crippen molar-refractivity contribution in [1.82, 2.24) is 5.32 Å². The molecule has 0 spiro atoms. The average Bonchev–Trinajstić information content (AvgIpc) is 2.65. The van der Waals surface area contributed by atoms with Crippen LogP contribution in [0.2, 0.25) is 0 Å². The molecule has 2 nitrogen and oxygen atoms in total. The molecule has 0 aromatic heterocycles. The van der Waals surface area contributed by atoms with Gasteiger partial charge in [-0.3, -0.25) is 0 Å². The van der Waals surface area contributed by atoms with Crippen LogP contribution in [-0.2, 0) is 0 Å². The summed E-state index contributed by atoms with van der Waals surface area (Å²) in [6, 6.07) is 2.82. The van der Waals surface area contributed by atoms with Gasteiger partial charge < -0.3 is 5.32 Å². The third kappa shape index (κ3) is 3.78. The van der Waals surface area contributed by atoms with Gasteiger partial charge in [0, 0.05) is 12.5 Å². The molecule has 13 heavy (non-hydrogen) atoms. The minimum Gasteiger partial charge on any atom is -0.314 e. The molecule has 2 heteroatoms. The van der Waals surface area contributed by atoms with Gasteiger partial charge in [0.25, 0.3) is 0 Å². The van der Waals surface area contributed by atoms with Crippen LogP contribution in [0.4, 0.5) is 0 Å². The molecule has 0 aliphatic heterocycles. The topological polar surface area (TPSA) is 35.8 Å². The van der Waals surface area contributed by atoms with Gasteiger partial charge in [-0.1, -0.05) is 12.8 Å². The Hall–Kier alpha value is -0.550. The van der Waals surface area contributed by atoms with Gasteiger partial charge in [0.1, 0.15) is 0 Å². The number of rotatable bonds is 5. The lowest BCUT2D eigenvalue weighted by Crippen LogP contribution is -2.32. The summed E-state index contributed by atoms with van der Waals surface area (Å²) in [6.45, 7) is 3.29. The van der Waals surface area contributed by atoms with Gasteiger partial charge in [-0.05, 0) is 38.6 Å². The fourth-order valence-corrected chi connectivity index (χ4v) is 2.12. The highest BCUT2D eigenvalue weighted by molar-refractivity contribution is 4.77. The van der Waals surface area contributed by atoms with Crippen LogP contribution in [0.15, 0.2) is 0 Å². The molecule has 0 bridgehead atoms. The summed E-state index contributed by atoms with van der Waals surface area (Å²) in [6.07, 6.45) is 7.29. The predicted octanol–water partition coefficient (Wildman–Crippen LogP) is 2.46. The van der Waals surface area contributed by atoms with Crippen molar-refractivity contribution < 1.29 is 0 Å². The Morgan fingerprint density at radius 3 is 2.77 bits per heavy atom. The fourth-order valence-electron chi connectivity index (χ4n) is 2.12. The van der Waals surface area contributed by atoms with Crippen molar-refractivity contribution in [1.29, 1.82) is 5.26 Å². The van der Waals surface area contributed by atoms with Crippen molar-refractivity contribution in [2.45, 2.75) is 51.5 Å². The summed E-state index contributed by atoms with van der Waals surface area (Å²) in [5.41, 5.74) is 0. The number of hydrogen-bond acceptors (Lipinski definition) is 2. The van der Waals surface area contributed by atoms with Crippen molar-refractivity contribution >= 4 is 0 Å². The highest BCUT2D eigenvalue weighted by Crippen LogP contribution is 2.27. The third-order valence-corrected chi connectivity index (χ3v) is 3.04. The standard InChI is InChI=1S/C11H20N2/c1-10(11-6-2-3-7-11)13-9-5-4-8-12/h10-11,13H,2-7,9H2,1H3/t10-/m1/s1. The molecule has 1 saturated carbocycles. The molecule has 0 radical (unpaired) electrons. The van der Waals surface area contributed by atoms with Gasteiger partial charge in [0.05, 0.1) is 6.07 Å². The van der Waals surface area contributed by atoms with Crippen molar-refractivity contribution in [2.75, 3.05) is 6.54 Å². The Labute approximate surface area is 81.3 Å². The van der Waals surface area contributed by atoms with Gasteiger partial charge in [-0.25, -0.2) is 0 Å². The van der Waals surface area contributed by atoms with Crippen molar-refractivity contribution in [3.05, 3.63) is 0 Å². The molecule has 74 valence electrons. The Morgan fingerprint density at radius 2 is 2.15 bits per heavy atom. The molecule has 1 aliphatic carbocycles. The van der Waals surface area contributed by atoms with Crippen LogP contribution in [0, 0.1) is 17.2 Å². The number of nitrogens with one attached hydrogen (secondary N) is 1. The molecule has 1 N–H and O–H groups in total. The highest BCUT2D eigenvalue weighted by atomic mass is 14.9. The number of hydrogen-bond donors (Lipinski definition) is 1. The molecule has 0 unspecified atom stereocenters. The first-order chi connectivity index (χ1) is 6.34. The van der Waals surface area contributed by atoms with E-state index in [1.165, 1.54) is 25.7 Å². The molecule has 0 aromatic rings. The van der Waals surface area contributed by atoms with Crippen molar-refractivity contribution in [2.24, 2.45) is 5.92 Å². The molecular formula is C11H20N2. The van der Waals surface area contributed by atoms with Gasteiger partial charge in [-0.15, -0.1) is 0 Å². The summed E-state index contributed by atoms with van der Waals surface area (Å²) >= 11 is 0. The van der Waals surface area contributed by atoms with Crippen LogP contribution >= 0.6 is 0 Å². The second kappa shape index (κ2) is 5.99. The first kappa shape index (κ1) is 10.5. The molecule has 0 saturated heterocycles. The number of unbranched alkanes of at least 4 members (excludes halogenated alkanes) is 1. The SMILES string of the molecule is C[C@@H](NCCCC#N)C1CCCC1. The summed E-state index contributed by atoms with van der Waals surface area (Å²) in [7, 11) is 0. The molecule has 0 aromatic carbocycles. The first-order valence-electron chi connectivity index (χ1n) is 5.45. The maximum absolute atomic E-state index is 8.37. The molecule has 0 amide bonds. The highest BCUT2D eigenvalue weighted by Gasteiger charge is 2.20. The molecule has 0 heterocycles. The summed E-state index contributed by atoms with van der Waals surface area (Å²) in [4.78, 5) is 0. The second-order valence-corrected chi connectivity index (χ2v) is 4.05. The van der Waals surface area contributed by atoms with E-state index >= 15 is 0 Å². The maximum Gasteiger partial charge on any atom is 0.0622 e. The number of nitriles is 1.